The minimum Gasteiger partial charge on any atom is -0.392 e. The largest absolute Gasteiger partial charge is 0.392 e. The fraction of sp³-hybridized carbons (Fsp3) is 0.118. The minimum atomic E-state index is -0.337. The van der Waals surface area contributed by atoms with Gasteiger partial charge in [-0.2, -0.15) is 0 Å². The molecule has 0 saturated heterocycles. The van der Waals surface area contributed by atoms with Crippen LogP contribution in [0.25, 0.3) is 5.57 Å². The number of nitrogens with one attached hydrogen (secondary N) is 1. The molecule has 21 heavy (non-hydrogen) atoms. The SMILES string of the molecule is C/C(=C/C(=O)Nc1cccc(CO)c1)c1cccc(F)c1. The summed E-state index contributed by atoms with van der Waals surface area (Å²) < 4.78 is 13.1. The summed E-state index contributed by atoms with van der Waals surface area (Å²) in [5, 5.41) is 11.8. The third-order valence-electron chi connectivity index (χ3n) is 3.00. The second-order valence-corrected chi connectivity index (χ2v) is 4.69. The van der Waals surface area contributed by atoms with Crippen LogP contribution in [0.4, 0.5) is 10.1 Å². The van der Waals surface area contributed by atoms with Crippen LogP contribution in [-0.2, 0) is 11.4 Å². The highest BCUT2D eigenvalue weighted by molar-refractivity contribution is 6.03. The Morgan fingerprint density at radius 3 is 2.71 bits per heavy atom. The Balaban J connectivity index is 2.11. The van der Waals surface area contributed by atoms with Crippen molar-refractivity contribution >= 4 is 17.2 Å². The first kappa shape index (κ1) is 14.9. The summed E-state index contributed by atoms with van der Waals surface area (Å²) in [4.78, 5) is 11.9. The summed E-state index contributed by atoms with van der Waals surface area (Å²) in [6, 6.07) is 13.0. The number of carbonyl (C=O) groups is 1. The highest BCUT2D eigenvalue weighted by Gasteiger charge is 2.03. The molecule has 2 N–H and O–H groups in total. The van der Waals surface area contributed by atoms with Gasteiger partial charge in [0, 0.05) is 11.8 Å². The number of amides is 1. The van der Waals surface area contributed by atoms with Crippen LogP contribution in [0.2, 0.25) is 0 Å². The average molecular weight is 285 g/mol. The summed E-state index contributed by atoms with van der Waals surface area (Å²) >= 11 is 0. The summed E-state index contributed by atoms with van der Waals surface area (Å²) in [6.07, 6.45) is 1.42. The van der Waals surface area contributed by atoms with E-state index in [9.17, 15) is 9.18 Å². The fourth-order valence-electron chi connectivity index (χ4n) is 1.94. The van der Waals surface area contributed by atoms with Gasteiger partial charge in [-0.05, 0) is 47.9 Å². The smallest absolute Gasteiger partial charge is 0.248 e. The molecule has 4 heteroatoms. The van der Waals surface area contributed by atoms with Crippen LogP contribution < -0.4 is 5.32 Å². The zero-order valence-corrected chi connectivity index (χ0v) is 11.6. The number of aliphatic hydroxyl groups is 1. The Labute approximate surface area is 122 Å². The third kappa shape index (κ3) is 4.26. The molecule has 0 unspecified atom stereocenters. The molecule has 0 radical (unpaired) electrons. The maximum absolute atomic E-state index is 13.1. The lowest BCUT2D eigenvalue weighted by molar-refractivity contribution is -0.111. The molecule has 2 aromatic rings. The third-order valence-corrected chi connectivity index (χ3v) is 3.00. The van der Waals surface area contributed by atoms with Crippen LogP contribution in [0.15, 0.2) is 54.6 Å². The topological polar surface area (TPSA) is 49.3 Å². The molecule has 0 heterocycles. The van der Waals surface area contributed by atoms with Crippen LogP contribution in [0, 0.1) is 5.82 Å². The molecule has 0 bridgehead atoms. The molecule has 0 spiro atoms. The van der Waals surface area contributed by atoms with Crippen LogP contribution in [0.3, 0.4) is 0 Å². The van der Waals surface area contributed by atoms with Gasteiger partial charge >= 0.3 is 0 Å². The highest BCUT2D eigenvalue weighted by atomic mass is 19.1. The van der Waals surface area contributed by atoms with Crippen molar-refractivity contribution in [3.8, 4) is 0 Å². The van der Waals surface area contributed by atoms with Gasteiger partial charge in [-0.25, -0.2) is 4.39 Å². The van der Waals surface area contributed by atoms with Crippen LogP contribution in [0.1, 0.15) is 18.1 Å². The maximum atomic E-state index is 13.1. The average Bonchev–Trinajstić information content (AvgIpc) is 2.47. The highest BCUT2D eigenvalue weighted by Crippen LogP contribution is 2.16. The lowest BCUT2D eigenvalue weighted by atomic mass is 10.1. The molecular weight excluding hydrogens is 269 g/mol. The summed E-state index contributed by atoms with van der Waals surface area (Å²) in [5.41, 5.74) is 2.66. The van der Waals surface area contributed by atoms with E-state index in [0.717, 1.165) is 5.56 Å². The van der Waals surface area contributed by atoms with E-state index in [1.54, 1.807) is 43.3 Å². The number of benzene rings is 2. The van der Waals surface area contributed by atoms with E-state index in [4.69, 9.17) is 5.11 Å². The lowest BCUT2D eigenvalue weighted by Gasteiger charge is -2.05. The number of halogens is 1. The Kier molecular flexibility index (Phi) is 4.85. The molecule has 108 valence electrons. The first-order chi connectivity index (χ1) is 10.1. The molecule has 0 aliphatic rings. The summed E-state index contributed by atoms with van der Waals surface area (Å²) in [5.74, 6) is -0.636. The van der Waals surface area contributed by atoms with Crippen molar-refractivity contribution < 1.29 is 14.3 Å². The van der Waals surface area contributed by atoms with E-state index >= 15 is 0 Å². The Bertz CT molecular complexity index is 680. The van der Waals surface area contributed by atoms with Gasteiger partial charge in [-0.15, -0.1) is 0 Å². The maximum Gasteiger partial charge on any atom is 0.248 e. The van der Waals surface area contributed by atoms with Crippen molar-refractivity contribution in [2.45, 2.75) is 13.5 Å². The van der Waals surface area contributed by atoms with Crippen molar-refractivity contribution in [1.29, 1.82) is 0 Å². The van der Waals surface area contributed by atoms with Crippen LogP contribution in [-0.4, -0.2) is 11.0 Å². The van der Waals surface area contributed by atoms with Gasteiger partial charge in [0.05, 0.1) is 6.61 Å². The molecule has 2 rings (SSSR count). The minimum absolute atomic E-state index is 0.0815. The molecule has 0 aromatic heterocycles. The van der Waals surface area contributed by atoms with Crippen molar-refractivity contribution in [3.63, 3.8) is 0 Å². The van der Waals surface area contributed by atoms with Gasteiger partial charge in [0.15, 0.2) is 0 Å². The Morgan fingerprint density at radius 1 is 1.24 bits per heavy atom. The molecular formula is C17H16FNO2. The Morgan fingerprint density at radius 2 is 2.00 bits per heavy atom. The van der Waals surface area contributed by atoms with Crippen molar-refractivity contribution in [2.24, 2.45) is 0 Å². The molecule has 2 aromatic carbocycles. The van der Waals surface area contributed by atoms with Gasteiger partial charge in [0.1, 0.15) is 5.82 Å². The standard InChI is InChI=1S/C17H16FNO2/c1-12(14-5-3-6-15(18)10-14)8-17(21)19-16-7-2-4-13(9-16)11-20/h2-10,20H,11H2,1H3,(H,19,21)/b12-8-. The van der Waals surface area contributed by atoms with Gasteiger partial charge in [0.2, 0.25) is 5.91 Å². The normalized spacial score (nSPS) is 11.3. The summed E-state index contributed by atoms with van der Waals surface area (Å²) in [7, 11) is 0. The fourth-order valence-corrected chi connectivity index (χ4v) is 1.94. The van der Waals surface area contributed by atoms with Crippen molar-refractivity contribution in [1.82, 2.24) is 0 Å². The number of rotatable bonds is 4. The van der Waals surface area contributed by atoms with E-state index < -0.39 is 0 Å². The number of anilines is 1. The molecule has 0 fully saturated rings. The van der Waals surface area contributed by atoms with Crippen LogP contribution >= 0.6 is 0 Å². The molecule has 0 atom stereocenters. The Hall–Kier alpha value is -2.46. The van der Waals surface area contributed by atoms with Crippen molar-refractivity contribution in [3.05, 3.63) is 71.6 Å². The predicted molar refractivity (Wildman–Crippen MR) is 81.0 cm³/mol. The monoisotopic (exact) mass is 285 g/mol. The number of hydrogen-bond donors (Lipinski definition) is 2. The first-order valence-corrected chi connectivity index (χ1v) is 6.53. The molecule has 0 saturated carbocycles. The van der Waals surface area contributed by atoms with Gasteiger partial charge in [0.25, 0.3) is 0 Å². The van der Waals surface area contributed by atoms with E-state index in [0.29, 0.717) is 16.8 Å². The van der Waals surface area contributed by atoms with Gasteiger partial charge in [-0.3, -0.25) is 4.79 Å². The summed E-state index contributed by atoms with van der Waals surface area (Å²) in [6.45, 7) is 1.67. The molecule has 0 aliphatic carbocycles. The van der Waals surface area contributed by atoms with Gasteiger partial charge < -0.3 is 10.4 Å². The number of aliphatic hydroxyl groups excluding tert-OH is 1. The van der Waals surface area contributed by atoms with Crippen molar-refractivity contribution in [2.75, 3.05) is 5.32 Å². The predicted octanol–water partition coefficient (Wildman–Crippen LogP) is 3.36. The molecule has 1 amide bonds. The number of hydrogen-bond acceptors (Lipinski definition) is 2. The van der Waals surface area contributed by atoms with E-state index in [-0.39, 0.29) is 18.3 Å². The lowest BCUT2D eigenvalue weighted by Crippen LogP contribution is -2.08. The second kappa shape index (κ2) is 6.81. The van der Waals surface area contributed by atoms with E-state index in [1.807, 2.05) is 0 Å². The van der Waals surface area contributed by atoms with Gasteiger partial charge in [-0.1, -0.05) is 24.3 Å². The zero-order chi connectivity index (χ0) is 15.2. The zero-order valence-electron chi connectivity index (χ0n) is 11.6. The first-order valence-electron chi connectivity index (χ1n) is 6.53. The number of carbonyl (C=O) groups excluding carboxylic acids is 1. The number of allylic oxidation sites excluding steroid dienone is 1. The second-order valence-electron chi connectivity index (χ2n) is 4.69. The van der Waals surface area contributed by atoms with E-state index in [2.05, 4.69) is 5.32 Å². The molecule has 0 aliphatic heterocycles. The van der Waals surface area contributed by atoms with Crippen LogP contribution in [0.5, 0.6) is 0 Å². The molecule has 3 nitrogen and oxygen atoms in total. The quantitative estimate of drug-likeness (QED) is 0.846. The van der Waals surface area contributed by atoms with E-state index in [1.165, 1.54) is 18.2 Å².